The Bertz CT molecular complexity index is 552. The highest BCUT2D eigenvalue weighted by molar-refractivity contribution is 5.80. The number of aryl methyl sites for hydroxylation is 1. The summed E-state index contributed by atoms with van der Waals surface area (Å²) in [4.78, 5) is 4.82. The highest BCUT2D eigenvalue weighted by atomic mass is 15.1. The number of imidazole rings is 1. The first-order chi connectivity index (χ1) is 8.49. The first-order valence-corrected chi connectivity index (χ1v) is 6.76. The van der Waals surface area contributed by atoms with Crippen LogP contribution in [0.4, 0.5) is 5.69 Å². The van der Waals surface area contributed by atoms with Crippen LogP contribution in [0, 0.1) is 0 Å². The van der Waals surface area contributed by atoms with Gasteiger partial charge in [0.15, 0.2) is 0 Å². The standard InChI is InChI=1S/C15H23N3/c1-5-9-18-13-10-11(16)7-8-12(13)17-14(18)15(3,4)6-2/h7-8,10H,5-6,9,16H2,1-4H3. The van der Waals surface area contributed by atoms with E-state index in [9.17, 15) is 0 Å². The molecule has 0 saturated heterocycles. The number of rotatable bonds is 4. The van der Waals surface area contributed by atoms with Crippen LogP contribution in [0.5, 0.6) is 0 Å². The summed E-state index contributed by atoms with van der Waals surface area (Å²) in [6.45, 7) is 9.91. The smallest absolute Gasteiger partial charge is 0.115 e. The molecule has 0 aliphatic rings. The lowest BCUT2D eigenvalue weighted by Gasteiger charge is -2.23. The van der Waals surface area contributed by atoms with Gasteiger partial charge in [0.05, 0.1) is 11.0 Å². The Hall–Kier alpha value is -1.51. The molecule has 3 nitrogen and oxygen atoms in total. The van der Waals surface area contributed by atoms with Crippen molar-refractivity contribution in [3.8, 4) is 0 Å². The fraction of sp³-hybridized carbons (Fsp3) is 0.533. The minimum absolute atomic E-state index is 0.100. The van der Waals surface area contributed by atoms with Gasteiger partial charge in [-0.3, -0.25) is 0 Å². The summed E-state index contributed by atoms with van der Waals surface area (Å²) >= 11 is 0. The van der Waals surface area contributed by atoms with Crippen molar-refractivity contribution >= 4 is 16.7 Å². The van der Waals surface area contributed by atoms with Crippen molar-refractivity contribution in [3.05, 3.63) is 24.0 Å². The minimum atomic E-state index is 0.100. The molecule has 2 aromatic rings. The average Bonchev–Trinajstić information content (AvgIpc) is 2.69. The summed E-state index contributed by atoms with van der Waals surface area (Å²) in [5.74, 6) is 1.17. The van der Waals surface area contributed by atoms with Gasteiger partial charge in [0, 0.05) is 17.6 Å². The number of nitrogens with two attached hydrogens (primary N) is 1. The van der Waals surface area contributed by atoms with E-state index < -0.39 is 0 Å². The van der Waals surface area contributed by atoms with Crippen LogP contribution in [0.25, 0.3) is 11.0 Å². The van der Waals surface area contributed by atoms with Crippen molar-refractivity contribution in [3.63, 3.8) is 0 Å². The summed E-state index contributed by atoms with van der Waals surface area (Å²) in [5, 5.41) is 0. The number of benzene rings is 1. The maximum absolute atomic E-state index is 5.90. The quantitative estimate of drug-likeness (QED) is 0.834. The Morgan fingerprint density at radius 3 is 2.61 bits per heavy atom. The van der Waals surface area contributed by atoms with Gasteiger partial charge in [0.2, 0.25) is 0 Å². The second kappa shape index (κ2) is 4.63. The van der Waals surface area contributed by atoms with Gasteiger partial charge in [-0.25, -0.2) is 4.98 Å². The topological polar surface area (TPSA) is 43.8 Å². The van der Waals surface area contributed by atoms with Crippen LogP contribution in [-0.4, -0.2) is 9.55 Å². The third kappa shape index (κ3) is 2.09. The van der Waals surface area contributed by atoms with Crippen LogP contribution in [-0.2, 0) is 12.0 Å². The van der Waals surface area contributed by atoms with E-state index >= 15 is 0 Å². The molecule has 1 aromatic heterocycles. The van der Waals surface area contributed by atoms with E-state index in [2.05, 4.69) is 32.3 Å². The zero-order valence-electron chi connectivity index (χ0n) is 11.8. The molecule has 0 unspecified atom stereocenters. The molecule has 3 heteroatoms. The predicted molar refractivity (Wildman–Crippen MR) is 77.8 cm³/mol. The second-order valence-electron chi connectivity index (χ2n) is 5.57. The molecule has 18 heavy (non-hydrogen) atoms. The SMILES string of the molecule is CCCn1c(C(C)(C)CC)nc2ccc(N)cc21. The molecule has 0 fully saturated rings. The van der Waals surface area contributed by atoms with Gasteiger partial charge in [-0.15, -0.1) is 0 Å². The van der Waals surface area contributed by atoms with Crippen molar-refractivity contribution < 1.29 is 0 Å². The lowest BCUT2D eigenvalue weighted by molar-refractivity contribution is 0.445. The van der Waals surface area contributed by atoms with Gasteiger partial charge in [0.1, 0.15) is 5.82 Å². The van der Waals surface area contributed by atoms with E-state index in [4.69, 9.17) is 10.7 Å². The van der Waals surface area contributed by atoms with E-state index in [0.717, 1.165) is 36.1 Å². The molecule has 98 valence electrons. The molecule has 0 atom stereocenters. The Labute approximate surface area is 109 Å². The molecule has 0 bridgehead atoms. The summed E-state index contributed by atoms with van der Waals surface area (Å²) in [6, 6.07) is 5.98. The van der Waals surface area contributed by atoms with Crippen LogP contribution in [0.3, 0.4) is 0 Å². The maximum Gasteiger partial charge on any atom is 0.115 e. The lowest BCUT2D eigenvalue weighted by atomic mass is 9.89. The van der Waals surface area contributed by atoms with Gasteiger partial charge in [-0.2, -0.15) is 0 Å². The van der Waals surface area contributed by atoms with E-state index in [0.29, 0.717) is 0 Å². The fourth-order valence-corrected chi connectivity index (χ4v) is 2.26. The van der Waals surface area contributed by atoms with Crippen LogP contribution in [0.2, 0.25) is 0 Å². The summed E-state index contributed by atoms with van der Waals surface area (Å²) in [5.41, 5.74) is 9.02. The molecular weight excluding hydrogens is 222 g/mol. The molecule has 0 aliphatic heterocycles. The number of nitrogen functional groups attached to an aromatic ring is 1. The summed E-state index contributed by atoms with van der Waals surface area (Å²) in [6.07, 6.45) is 2.18. The van der Waals surface area contributed by atoms with Crippen molar-refractivity contribution in [1.82, 2.24) is 9.55 Å². The van der Waals surface area contributed by atoms with E-state index in [-0.39, 0.29) is 5.41 Å². The van der Waals surface area contributed by atoms with E-state index in [1.807, 2.05) is 18.2 Å². The molecule has 1 heterocycles. The van der Waals surface area contributed by atoms with Gasteiger partial charge in [0.25, 0.3) is 0 Å². The van der Waals surface area contributed by atoms with Gasteiger partial charge in [-0.1, -0.05) is 27.7 Å². The number of anilines is 1. The Kier molecular flexibility index (Phi) is 3.33. The number of nitrogens with zero attached hydrogens (tertiary/aromatic N) is 2. The lowest BCUT2D eigenvalue weighted by Crippen LogP contribution is -2.22. The number of hydrogen-bond acceptors (Lipinski definition) is 2. The Morgan fingerprint density at radius 1 is 1.28 bits per heavy atom. The molecule has 2 rings (SSSR count). The number of aromatic nitrogens is 2. The molecule has 0 radical (unpaired) electrons. The molecule has 2 N–H and O–H groups in total. The van der Waals surface area contributed by atoms with Gasteiger partial charge >= 0.3 is 0 Å². The Morgan fingerprint density at radius 2 is 2.00 bits per heavy atom. The second-order valence-corrected chi connectivity index (χ2v) is 5.57. The maximum atomic E-state index is 5.90. The summed E-state index contributed by atoms with van der Waals surface area (Å²) < 4.78 is 2.33. The largest absolute Gasteiger partial charge is 0.399 e. The first-order valence-electron chi connectivity index (χ1n) is 6.76. The van der Waals surface area contributed by atoms with Gasteiger partial charge < -0.3 is 10.3 Å². The normalized spacial score (nSPS) is 12.2. The molecule has 0 amide bonds. The number of fused-ring (bicyclic) bond motifs is 1. The van der Waals surface area contributed by atoms with Gasteiger partial charge in [-0.05, 0) is 31.0 Å². The zero-order valence-corrected chi connectivity index (χ0v) is 11.8. The molecular formula is C15H23N3. The first kappa shape index (κ1) is 12.9. The van der Waals surface area contributed by atoms with Crippen LogP contribution in [0.15, 0.2) is 18.2 Å². The highest BCUT2D eigenvalue weighted by Crippen LogP contribution is 2.30. The molecule has 0 spiro atoms. The molecule has 0 saturated carbocycles. The van der Waals surface area contributed by atoms with Crippen molar-refractivity contribution in [2.75, 3.05) is 5.73 Å². The molecule has 0 aliphatic carbocycles. The fourth-order valence-electron chi connectivity index (χ4n) is 2.26. The van der Waals surface area contributed by atoms with Crippen LogP contribution < -0.4 is 5.73 Å². The zero-order chi connectivity index (χ0) is 13.3. The monoisotopic (exact) mass is 245 g/mol. The average molecular weight is 245 g/mol. The third-order valence-corrected chi connectivity index (χ3v) is 3.71. The minimum Gasteiger partial charge on any atom is -0.399 e. The van der Waals surface area contributed by atoms with Crippen LogP contribution in [0.1, 0.15) is 46.4 Å². The molecule has 1 aromatic carbocycles. The predicted octanol–water partition coefficient (Wildman–Crippen LogP) is 3.72. The van der Waals surface area contributed by atoms with Crippen molar-refractivity contribution in [2.45, 2.75) is 52.5 Å². The number of hydrogen-bond donors (Lipinski definition) is 1. The Balaban J connectivity index is 2.69. The van der Waals surface area contributed by atoms with E-state index in [1.54, 1.807) is 0 Å². The van der Waals surface area contributed by atoms with Crippen LogP contribution >= 0.6 is 0 Å². The van der Waals surface area contributed by atoms with Crippen molar-refractivity contribution in [2.24, 2.45) is 0 Å². The highest BCUT2D eigenvalue weighted by Gasteiger charge is 2.25. The summed E-state index contributed by atoms with van der Waals surface area (Å²) in [7, 11) is 0. The van der Waals surface area contributed by atoms with E-state index in [1.165, 1.54) is 5.82 Å². The van der Waals surface area contributed by atoms with Crippen molar-refractivity contribution in [1.29, 1.82) is 0 Å². The third-order valence-electron chi connectivity index (χ3n) is 3.71.